The van der Waals surface area contributed by atoms with Gasteiger partial charge in [0, 0.05) is 31.5 Å². The molecule has 0 aliphatic rings. The second-order valence-electron chi connectivity index (χ2n) is 4.73. The molecule has 0 spiro atoms. The van der Waals surface area contributed by atoms with Crippen LogP contribution >= 0.6 is 0 Å². The zero-order chi connectivity index (χ0) is 13.7. The van der Waals surface area contributed by atoms with E-state index in [1.54, 1.807) is 7.11 Å². The Bertz CT molecular complexity index is 502. The summed E-state index contributed by atoms with van der Waals surface area (Å²) >= 11 is 0. The van der Waals surface area contributed by atoms with Crippen molar-refractivity contribution in [1.29, 1.82) is 0 Å². The summed E-state index contributed by atoms with van der Waals surface area (Å²) < 4.78 is 7.34. The van der Waals surface area contributed by atoms with Crippen molar-refractivity contribution in [2.24, 2.45) is 7.05 Å². The molecule has 0 amide bonds. The standard InChI is InChI=1S/C16H22N2O/c1-4-16(13-7-9-15(19-3)10-8-13)17-12-14-6-5-11-18(14)2/h5-11,16-17H,4,12H2,1-3H3. The predicted molar refractivity (Wildman–Crippen MR) is 78.3 cm³/mol. The lowest BCUT2D eigenvalue weighted by atomic mass is 10.0. The van der Waals surface area contributed by atoms with Gasteiger partial charge in [0.1, 0.15) is 5.75 Å². The Morgan fingerprint density at radius 2 is 1.95 bits per heavy atom. The normalized spacial score (nSPS) is 12.4. The van der Waals surface area contributed by atoms with Crippen molar-refractivity contribution in [3.05, 3.63) is 53.9 Å². The van der Waals surface area contributed by atoms with Gasteiger partial charge in [-0.1, -0.05) is 19.1 Å². The summed E-state index contributed by atoms with van der Waals surface area (Å²) in [7, 11) is 3.77. The summed E-state index contributed by atoms with van der Waals surface area (Å²) in [5.74, 6) is 0.904. The van der Waals surface area contributed by atoms with Crippen molar-refractivity contribution >= 4 is 0 Å². The quantitative estimate of drug-likeness (QED) is 0.860. The summed E-state index contributed by atoms with van der Waals surface area (Å²) in [6.07, 6.45) is 3.14. The van der Waals surface area contributed by atoms with Crippen LogP contribution in [0.3, 0.4) is 0 Å². The zero-order valence-electron chi connectivity index (χ0n) is 11.9. The monoisotopic (exact) mass is 258 g/mol. The molecule has 1 heterocycles. The fourth-order valence-corrected chi connectivity index (χ4v) is 2.24. The highest BCUT2D eigenvalue weighted by Gasteiger charge is 2.09. The fraction of sp³-hybridized carbons (Fsp3) is 0.375. The molecule has 2 rings (SSSR count). The van der Waals surface area contributed by atoms with Gasteiger partial charge in [-0.25, -0.2) is 0 Å². The van der Waals surface area contributed by atoms with E-state index in [9.17, 15) is 0 Å². The average molecular weight is 258 g/mol. The van der Waals surface area contributed by atoms with Crippen LogP contribution < -0.4 is 10.1 Å². The summed E-state index contributed by atoms with van der Waals surface area (Å²) in [5.41, 5.74) is 2.60. The first-order chi connectivity index (χ1) is 9.24. The maximum atomic E-state index is 5.19. The number of aromatic nitrogens is 1. The third-order valence-corrected chi connectivity index (χ3v) is 3.51. The lowest BCUT2D eigenvalue weighted by Gasteiger charge is -2.18. The van der Waals surface area contributed by atoms with Crippen LogP contribution in [0, 0.1) is 0 Å². The van der Waals surface area contributed by atoms with E-state index in [0.29, 0.717) is 6.04 Å². The van der Waals surface area contributed by atoms with E-state index in [-0.39, 0.29) is 0 Å². The number of methoxy groups -OCH3 is 1. The summed E-state index contributed by atoms with van der Waals surface area (Å²) in [4.78, 5) is 0. The highest BCUT2D eigenvalue weighted by Crippen LogP contribution is 2.20. The number of rotatable bonds is 6. The Labute approximate surface area is 115 Å². The van der Waals surface area contributed by atoms with Crippen LogP contribution in [-0.4, -0.2) is 11.7 Å². The first-order valence-electron chi connectivity index (χ1n) is 6.72. The molecular weight excluding hydrogens is 236 g/mol. The topological polar surface area (TPSA) is 26.2 Å². The molecule has 1 aromatic heterocycles. The molecular formula is C16H22N2O. The van der Waals surface area contributed by atoms with E-state index in [4.69, 9.17) is 4.74 Å². The van der Waals surface area contributed by atoms with Crippen LogP contribution in [0.1, 0.15) is 30.6 Å². The number of benzene rings is 1. The summed E-state index contributed by atoms with van der Waals surface area (Å²) in [5, 5.41) is 3.60. The second-order valence-corrected chi connectivity index (χ2v) is 4.73. The van der Waals surface area contributed by atoms with Gasteiger partial charge in [-0.2, -0.15) is 0 Å². The SMILES string of the molecule is CCC(NCc1cccn1C)c1ccc(OC)cc1. The van der Waals surface area contributed by atoms with Crippen LogP contribution in [0.2, 0.25) is 0 Å². The van der Waals surface area contributed by atoms with Gasteiger partial charge >= 0.3 is 0 Å². The molecule has 2 aromatic rings. The molecule has 1 unspecified atom stereocenters. The van der Waals surface area contributed by atoms with E-state index < -0.39 is 0 Å². The largest absolute Gasteiger partial charge is 0.497 e. The van der Waals surface area contributed by atoms with Gasteiger partial charge in [0.25, 0.3) is 0 Å². The smallest absolute Gasteiger partial charge is 0.118 e. The van der Waals surface area contributed by atoms with Crippen molar-refractivity contribution in [2.75, 3.05) is 7.11 Å². The highest BCUT2D eigenvalue weighted by molar-refractivity contribution is 5.29. The minimum absolute atomic E-state index is 0.376. The first-order valence-corrected chi connectivity index (χ1v) is 6.72. The van der Waals surface area contributed by atoms with Gasteiger partial charge in [-0.05, 0) is 36.2 Å². The van der Waals surface area contributed by atoms with Crippen molar-refractivity contribution in [1.82, 2.24) is 9.88 Å². The van der Waals surface area contributed by atoms with Crippen LogP contribution in [0.4, 0.5) is 0 Å². The minimum atomic E-state index is 0.376. The van der Waals surface area contributed by atoms with Crippen molar-refractivity contribution in [3.63, 3.8) is 0 Å². The molecule has 0 bridgehead atoms. The van der Waals surface area contributed by atoms with Gasteiger partial charge in [-0.15, -0.1) is 0 Å². The number of hydrogen-bond donors (Lipinski definition) is 1. The Morgan fingerprint density at radius 3 is 2.47 bits per heavy atom. The predicted octanol–water partition coefficient (Wildman–Crippen LogP) is 3.27. The molecule has 0 saturated carbocycles. The molecule has 3 heteroatoms. The van der Waals surface area contributed by atoms with E-state index in [0.717, 1.165) is 18.7 Å². The van der Waals surface area contributed by atoms with Crippen molar-refractivity contribution in [3.8, 4) is 5.75 Å². The molecule has 0 saturated heterocycles. The van der Waals surface area contributed by atoms with Crippen LogP contribution in [-0.2, 0) is 13.6 Å². The number of nitrogens with one attached hydrogen (secondary N) is 1. The molecule has 3 nitrogen and oxygen atoms in total. The molecule has 1 aromatic carbocycles. The van der Waals surface area contributed by atoms with Crippen LogP contribution in [0.5, 0.6) is 5.75 Å². The molecule has 0 aliphatic carbocycles. The molecule has 1 atom stereocenters. The summed E-state index contributed by atoms with van der Waals surface area (Å²) in [6.45, 7) is 3.08. The Morgan fingerprint density at radius 1 is 1.21 bits per heavy atom. The van der Waals surface area contributed by atoms with Crippen molar-refractivity contribution < 1.29 is 4.74 Å². The highest BCUT2D eigenvalue weighted by atomic mass is 16.5. The molecule has 0 aliphatic heterocycles. The first kappa shape index (κ1) is 13.7. The Hall–Kier alpha value is -1.74. The number of hydrogen-bond acceptors (Lipinski definition) is 2. The second kappa shape index (κ2) is 6.43. The van der Waals surface area contributed by atoms with Crippen molar-refractivity contribution in [2.45, 2.75) is 25.9 Å². The zero-order valence-corrected chi connectivity index (χ0v) is 11.9. The average Bonchev–Trinajstić information content (AvgIpc) is 2.86. The molecule has 0 radical (unpaired) electrons. The van der Waals surface area contributed by atoms with E-state index in [1.807, 2.05) is 12.1 Å². The molecule has 19 heavy (non-hydrogen) atoms. The number of ether oxygens (including phenoxy) is 1. The minimum Gasteiger partial charge on any atom is -0.497 e. The Balaban J connectivity index is 2.01. The molecule has 1 N–H and O–H groups in total. The van der Waals surface area contributed by atoms with E-state index in [1.165, 1.54) is 11.3 Å². The third-order valence-electron chi connectivity index (χ3n) is 3.51. The number of aryl methyl sites for hydroxylation is 1. The lowest BCUT2D eigenvalue weighted by Crippen LogP contribution is -2.21. The number of nitrogens with zero attached hydrogens (tertiary/aromatic N) is 1. The van der Waals surface area contributed by atoms with Gasteiger partial charge in [0.2, 0.25) is 0 Å². The maximum absolute atomic E-state index is 5.19. The van der Waals surface area contributed by atoms with Gasteiger partial charge < -0.3 is 14.6 Å². The summed E-state index contributed by atoms with van der Waals surface area (Å²) in [6, 6.07) is 12.9. The van der Waals surface area contributed by atoms with E-state index in [2.05, 4.69) is 54.3 Å². The third kappa shape index (κ3) is 3.38. The van der Waals surface area contributed by atoms with E-state index >= 15 is 0 Å². The van der Waals surface area contributed by atoms with Crippen LogP contribution in [0.25, 0.3) is 0 Å². The van der Waals surface area contributed by atoms with Gasteiger partial charge in [-0.3, -0.25) is 0 Å². The van der Waals surface area contributed by atoms with Gasteiger partial charge in [0.05, 0.1) is 7.11 Å². The maximum Gasteiger partial charge on any atom is 0.118 e. The Kier molecular flexibility index (Phi) is 4.63. The van der Waals surface area contributed by atoms with Crippen LogP contribution in [0.15, 0.2) is 42.6 Å². The lowest BCUT2D eigenvalue weighted by molar-refractivity contribution is 0.414. The molecule has 102 valence electrons. The molecule has 0 fully saturated rings. The fourth-order valence-electron chi connectivity index (χ4n) is 2.24. The van der Waals surface area contributed by atoms with Gasteiger partial charge in [0.15, 0.2) is 0 Å².